The third-order valence-electron chi connectivity index (χ3n) is 8.37. The van der Waals surface area contributed by atoms with Gasteiger partial charge < -0.3 is 8.83 Å². The molecule has 0 saturated heterocycles. The van der Waals surface area contributed by atoms with Crippen LogP contribution in [0.2, 0.25) is 0 Å². The topological polar surface area (TPSA) is 65.0 Å². The Hall–Kier alpha value is -7.63. The lowest BCUT2D eigenvalue weighted by molar-refractivity contribution is 0.669. The highest BCUT2D eigenvalue weighted by Crippen LogP contribution is 2.45. The molecule has 3 heterocycles. The maximum atomic E-state index is 9.92. The van der Waals surface area contributed by atoms with Crippen LogP contribution < -0.4 is 0 Å². The zero-order valence-corrected chi connectivity index (χ0v) is 27.7. The molecule has 0 saturated carbocycles. The average Bonchev–Trinajstić information content (AvgIpc) is 1.61. The van der Waals surface area contributed by atoms with Gasteiger partial charge in [0.05, 0.1) is 48.1 Å². The van der Waals surface area contributed by atoms with Gasteiger partial charge in [0.2, 0.25) is 0 Å². The van der Waals surface area contributed by atoms with Crippen molar-refractivity contribution < 1.29 is 51.3 Å². The molecule has 56 heavy (non-hydrogen) atoms. The maximum absolute atomic E-state index is 9.92. The molecular weight excluding hydrogens is 687 g/mol. The van der Waals surface area contributed by atoms with Crippen LogP contribution in [-0.4, -0.2) is 15.0 Å². The first-order valence-electron chi connectivity index (χ1n) is 31.7. The molecule has 0 aliphatic carbocycles. The third-order valence-corrected chi connectivity index (χ3v) is 8.37. The Morgan fingerprint density at radius 3 is 1.62 bits per heavy atom. The fraction of sp³-hybridized carbons (Fsp3) is 0. The summed E-state index contributed by atoms with van der Waals surface area (Å²) < 4.78 is 288. The highest BCUT2D eigenvalue weighted by molar-refractivity contribution is 6.19. The highest BCUT2D eigenvalue weighted by atomic mass is 16.3. The van der Waals surface area contributed by atoms with Crippen molar-refractivity contribution >= 4 is 43.9 Å². The number of para-hydroxylation sites is 2. The van der Waals surface area contributed by atoms with E-state index in [0.29, 0.717) is 0 Å². The summed E-state index contributed by atoms with van der Waals surface area (Å²) in [5, 5.41) is -2.45. The molecule has 0 fully saturated rings. The number of nitrogens with zero attached hydrogens (tertiary/aromatic N) is 3. The van der Waals surface area contributed by atoms with Crippen LogP contribution in [0.4, 0.5) is 0 Å². The summed E-state index contributed by atoms with van der Waals surface area (Å²) in [6, 6.07) is -29.5. The third kappa shape index (κ3) is 5.37. The second kappa shape index (κ2) is 13.0. The Labute approximate surface area is 365 Å². The number of rotatable bonds is 6. The molecule has 0 N–H and O–H groups in total. The van der Waals surface area contributed by atoms with Gasteiger partial charge in [-0.25, -0.2) is 15.0 Å². The summed E-state index contributed by atoms with van der Waals surface area (Å²) in [7, 11) is 0. The zero-order chi connectivity index (χ0) is 64.0. The van der Waals surface area contributed by atoms with Crippen LogP contribution in [0.3, 0.4) is 0 Å². The van der Waals surface area contributed by atoms with Crippen molar-refractivity contribution in [2.24, 2.45) is 0 Å². The quantitative estimate of drug-likeness (QED) is 0.169. The van der Waals surface area contributed by atoms with Crippen molar-refractivity contribution in [2.75, 3.05) is 0 Å². The molecule has 5 heteroatoms. The first kappa shape index (κ1) is 13.6. The van der Waals surface area contributed by atoms with Crippen LogP contribution in [0.25, 0.3) is 111 Å². The monoisotopic (exact) mass is 748 g/mol. The summed E-state index contributed by atoms with van der Waals surface area (Å²) in [6.45, 7) is 0. The number of hydrogen-bond acceptors (Lipinski definition) is 5. The van der Waals surface area contributed by atoms with Gasteiger partial charge in [-0.2, -0.15) is 0 Å². The number of fused-ring (bicyclic) bond motifs is 6. The van der Waals surface area contributed by atoms with Crippen molar-refractivity contribution in [3.8, 4) is 67.5 Å². The number of aromatic nitrogens is 3. The summed E-state index contributed by atoms with van der Waals surface area (Å²) in [5.41, 5.74) is -10.2. The molecule has 0 unspecified atom stereocenters. The number of furan rings is 2. The Bertz CT molecular complexity index is 4990. The van der Waals surface area contributed by atoms with Crippen LogP contribution in [0.1, 0.15) is 42.5 Å². The van der Waals surface area contributed by atoms with Crippen molar-refractivity contribution in [3.63, 3.8) is 0 Å². The van der Waals surface area contributed by atoms with Gasteiger partial charge >= 0.3 is 0 Å². The predicted octanol–water partition coefficient (Wildman–Crippen LogP) is 13.7. The Morgan fingerprint density at radius 2 is 0.839 bits per heavy atom. The van der Waals surface area contributed by atoms with Crippen LogP contribution in [-0.2, 0) is 0 Å². The normalized spacial score (nSPS) is 19.3. The van der Waals surface area contributed by atoms with Crippen LogP contribution in [0.5, 0.6) is 0 Å². The lowest BCUT2D eigenvalue weighted by atomic mass is 9.93. The summed E-state index contributed by atoms with van der Waals surface area (Å²) in [4.78, 5) is 13.1. The average molecular weight is 749 g/mol. The van der Waals surface area contributed by atoms with Crippen molar-refractivity contribution in [3.05, 3.63) is 187 Å². The van der Waals surface area contributed by atoms with E-state index in [1.54, 1.807) is 0 Å². The van der Waals surface area contributed by atoms with E-state index in [1.807, 2.05) is 0 Å². The Balaban J connectivity index is 1.34. The van der Waals surface area contributed by atoms with Gasteiger partial charge in [0, 0.05) is 38.2 Å². The summed E-state index contributed by atoms with van der Waals surface area (Å²) >= 11 is 0. The summed E-state index contributed by atoms with van der Waals surface area (Å²) in [6.07, 6.45) is 0. The van der Waals surface area contributed by atoms with E-state index >= 15 is 0 Å². The first-order chi connectivity index (χ1) is 40.6. The molecule has 3 aromatic heterocycles. The lowest BCUT2D eigenvalue weighted by Crippen LogP contribution is -2.00. The molecule has 0 bridgehead atoms. The minimum atomic E-state index is -1.06. The molecule has 0 aliphatic rings. The second-order valence-electron chi connectivity index (χ2n) is 11.6. The molecule has 0 radical (unpaired) electrons. The van der Waals surface area contributed by atoms with Crippen molar-refractivity contribution in [2.45, 2.75) is 0 Å². The zero-order valence-electron chi connectivity index (χ0n) is 58.7. The smallest absolute Gasteiger partial charge is 0.167 e. The minimum Gasteiger partial charge on any atom is -0.455 e. The van der Waals surface area contributed by atoms with Gasteiger partial charge in [0.1, 0.15) is 22.3 Å². The Morgan fingerprint density at radius 1 is 0.321 bits per heavy atom. The summed E-state index contributed by atoms with van der Waals surface area (Å²) in [5.74, 6) is -2.81. The van der Waals surface area contributed by atoms with Gasteiger partial charge in [-0.3, -0.25) is 0 Å². The van der Waals surface area contributed by atoms with Crippen LogP contribution in [0.15, 0.2) is 196 Å². The maximum Gasteiger partial charge on any atom is 0.167 e. The predicted molar refractivity (Wildman–Crippen MR) is 227 cm³/mol. The Kier molecular flexibility index (Phi) is 3.17. The van der Waals surface area contributed by atoms with Gasteiger partial charge in [-0.1, -0.05) is 151 Å². The first-order valence-corrected chi connectivity index (χ1v) is 16.2. The highest BCUT2D eigenvalue weighted by Gasteiger charge is 2.22. The van der Waals surface area contributed by atoms with E-state index in [4.69, 9.17) is 40.4 Å². The molecule has 0 amide bonds. The fourth-order valence-electron chi connectivity index (χ4n) is 5.98. The number of benzene rings is 8. The lowest BCUT2D eigenvalue weighted by Gasteiger charge is -2.10. The van der Waals surface area contributed by atoms with Gasteiger partial charge in [-0.05, 0) is 64.1 Å². The molecule has 0 spiro atoms. The molecule has 8 aromatic carbocycles. The van der Waals surface area contributed by atoms with Crippen LogP contribution in [0, 0.1) is 0 Å². The van der Waals surface area contributed by atoms with Crippen LogP contribution >= 0.6 is 0 Å². The van der Waals surface area contributed by atoms with Crippen molar-refractivity contribution in [1.29, 1.82) is 0 Å². The van der Waals surface area contributed by atoms with Gasteiger partial charge in [0.25, 0.3) is 0 Å². The van der Waals surface area contributed by atoms with E-state index in [9.17, 15) is 11.0 Å². The van der Waals surface area contributed by atoms with E-state index in [-0.39, 0.29) is 0 Å². The fourth-order valence-corrected chi connectivity index (χ4v) is 5.98. The molecule has 262 valence electrons. The van der Waals surface area contributed by atoms with Crippen molar-refractivity contribution in [1.82, 2.24) is 15.0 Å². The van der Waals surface area contributed by atoms with E-state index < -0.39 is 299 Å². The molecule has 11 rings (SSSR count). The van der Waals surface area contributed by atoms with E-state index in [1.165, 1.54) is 0 Å². The second-order valence-corrected chi connectivity index (χ2v) is 11.6. The SMILES string of the molecule is [2H]c1c([2H])c([2H])c(-c2nc(-c3c([2H])c([2H])c([2H])c(-c4c([2H])c([2H])c([2H])c([2H])c4[2H])c3[2H])nc(-c3c([2H])c([2H])c([2H])c4c3oc3c([2H])c([2H])c([2H])c(-c5c([2H])c(-c6c([2H])c([2H])c([2H])c([2H])c6[2H])c([2H])c6c5oc5c([2H])c([2H])c([2H])c([2H])c56)c34)n2)c([2H])c1[2H]. The molecule has 0 aliphatic heterocycles. The van der Waals surface area contributed by atoms with E-state index in [2.05, 4.69) is 15.0 Å². The van der Waals surface area contributed by atoms with E-state index in [0.717, 1.165) is 0 Å². The molecular formula is C51H31N3O2. The number of hydrogen-bond donors (Lipinski definition) is 0. The molecule has 0 atom stereocenters. The molecule has 11 aromatic rings. The van der Waals surface area contributed by atoms with Gasteiger partial charge in [0.15, 0.2) is 17.5 Å². The van der Waals surface area contributed by atoms with Gasteiger partial charge in [-0.15, -0.1) is 0 Å². The standard InChI is InChI=1S/C51H31N3O2/c1-4-15-32(16-5-1)35-21-12-22-36(29-35)50-52-49(34-19-8-3-9-20-34)53-51(54-50)41-26-13-25-40-46-39(24-14-28-45(46)56-47(40)41)43-31-37(33-17-6-2-7-18-33)30-42-38-23-10-11-27-44(38)55-48(42)43/h1-31H/i1D,2D,3D,4D,5D,6D,7D,8D,9D,10D,11D,12D,13D,14D,15D,16D,17D,18D,19D,20D,21D,22D,23D,24D,25D,26D,27D,28D,29D,30D,31D. The largest absolute Gasteiger partial charge is 0.455 e. The minimum absolute atomic E-state index is 0.530. The molecule has 5 nitrogen and oxygen atoms in total.